The number of rotatable bonds is 24. The molecule has 0 heterocycles. The van der Waals surface area contributed by atoms with E-state index in [2.05, 4.69) is 16.0 Å². The molecule has 0 bridgehead atoms. The quantitative estimate of drug-likeness (QED) is 0.0383. The number of aliphatic hydroxyl groups is 3. The zero-order chi connectivity index (χ0) is 52.2. The summed E-state index contributed by atoms with van der Waals surface area (Å²) in [6, 6.07) is 28.0. The molecule has 0 aliphatic rings. The number of benzene rings is 3. The Hall–Kier alpha value is -5.64. The molecule has 12 atom stereocenters. The van der Waals surface area contributed by atoms with Crippen LogP contribution in [-0.2, 0) is 43.0 Å². The first-order valence-electron chi connectivity index (χ1n) is 24.4. The molecule has 3 amide bonds. The van der Waals surface area contributed by atoms with Gasteiger partial charge in [-0.05, 0) is 76.0 Å². The van der Waals surface area contributed by atoms with E-state index in [1.807, 2.05) is 153 Å². The summed E-state index contributed by atoms with van der Waals surface area (Å²) in [6.07, 6.45) is -2.33. The molecule has 3 aromatic carbocycles. The lowest BCUT2D eigenvalue weighted by atomic mass is 9.85. The minimum absolute atomic E-state index is 0.141. The lowest BCUT2D eigenvalue weighted by molar-refractivity contribution is -0.161. The van der Waals surface area contributed by atoms with Gasteiger partial charge in [0.25, 0.3) is 0 Å². The molecular weight excluding hydrogens is 883 g/mol. The van der Waals surface area contributed by atoms with Crippen LogP contribution in [0.3, 0.4) is 0 Å². The number of aliphatic hydroxyl groups excluding tert-OH is 3. The number of hydrogen-bond acceptors (Lipinski definition) is 12. The van der Waals surface area contributed by atoms with E-state index in [0.29, 0.717) is 19.3 Å². The van der Waals surface area contributed by atoms with E-state index < -0.39 is 54.0 Å². The molecule has 0 saturated heterocycles. The summed E-state index contributed by atoms with van der Waals surface area (Å²) in [6.45, 7) is 22.4. The van der Waals surface area contributed by atoms with Crippen molar-refractivity contribution in [2.75, 3.05) is 19.8 Å². The van der Waals surface area contributed by atoms with Gasteiger partial charge < -0.3 is 45.5 Å². The second kappa shape index (κ2) is 33.0. The van der Waals surface area contributed by atoms with Crippen molar-refractivity contribution in [3.8, 4) is 0 Å². The number of hydrogen-bond donors (Lipinski definition) is 6. The van der Waals surface area contributed by atoms with Crippen LogP contribution in [0.4, 0.5) is 0 Å². The Balaban J connectivity index is 0.000000517. The minimum atomic E-state index is -1.45. The molecule has 384 valence electrons. The molecule has 0 fully saturated rings. The largest absolute Gasteiger partial charge is 0.464 e. The van der Waals surface area contributed by atoms with Gasteiger partial charge in [0, 0.05) is 0 Å². The van der Waals surface area contributed by atoms with E-state index >= 15 is 0 Å². The first-order valence-corrected chi connectivity index (χ1v) is 24.4. The summed E-state index contributed by atoms with van der Waals surface area (Å²) < 4.78 is 14.6. The van der Waals surface area contributed by atoms with Crippen LogP contribution in [0.1, 0.15) is 137 Å². The van der Waals surface area contributed by atoms with Crippen molar-refractivity contribution in [2.24, 2.45) is 35.5 Å². The number of amides is 3. The van der Waals surface area contributed by atoms with Gasteiger partial charge >= 0.3 is 17.9 Å². The van der Waals surface area contributed by atoms with Crippen LogP contribution in [0.5, 0.6) is 0 Å². The van der Waals surface area contributed by atoms with Crippen LogP contribution in [0.2, 0.25) is 0 Å². The molecule has 15 nitrogen and oxygen atoms in total. The zero-order valence-corrected chi connectivity index (χ0v) is 42.8. The van der Waals surface area contributed by atoms with Crippen molar-refractivity contribution in [2.45, 2.75) is 139 Å². The normalized spacial score (nSPS) is 16.0. The topological polar surface area (TPSA) is 227 Å². The highest BCUT2D eigenvalue weighted by atomic mass is 16.6. The molecule has 0 unspecified atom stereocenters. The van der Waals surface area contributed by atoms with Crippen LogP contribution < -0.4 is 16.0 Å². The summed E-state index contributed by atoms with van der Waals surface area (Å²) >= 11 is 0. The van der Waals surface area contributed by atoms with Gasteiger partial charge in [-0.1, -0.05) is 152 Å². The summed E-state index contributed by atoms with van der Waals surface area (Å²) in [5.41, 5.74) is 2.90. The molecule has 0 aromatic heterocycles. The molecule has 0 radical (unpaired) electrons. The van der Waals surface area contributed by atoms with Crippen LogP contribution in [0, 0.1) is 35.5 Å². The number of carbonyl (C=O) groups is 6. The van der Waals surface area contributed by atoms with Gasteiger partial charge in [0.1, 0.15) is 0 Å². The van der Waals surface area contributed by atoms with E-state index in [9.17, 15) is 44.1 Å². The van der Waals surface area contributed by atoms with Gasteiger partial charge in [-0.15, -0.1) is 0 Å². The maximum Gasteiger partial charge on any atom is 0.335 e. The van der Waals surface area contributed by atoms with E-state index in [1.54, 1.807) is 20.8 Å². The third-order valence-electron chi connectivity index (χ3n) is 12.3. The highest BCUT2D eigenvalue weighted by molar-refractivity contribution is 5.88. The average Bonchev–Trinajstić information content (AvgIpc) is 3.35. The highest BCUT2D eigenvalue weighted by Gasteiger charge is 2.39. The minimum Gasteiger partial charge on any atom is -0.464 e. The molecule has 69 heavy (non-hydrogen) atoms. The molecule has 3 aromatic rings. The fraction of sp³-hybridized carbons (Fsp3) is 0.556. The Morgan fingerprint density at radius 3 is 0.768 bits per heavy atom. The Kier molecular flexibility index (Phi) is 29.3. The number of ether oxygens (including phenoxy) is 3. The predicted octanol–water partition coefficient (Wildman–Crippen LogP) is 7.35. The highest BCUT2D eigenvalue weighted by Crippen LogP contribution is 2.25. The standard InChI is InChI=1S/3C18H27NO4/c3*1-5-12(3)15(16(20)18(22)23-6-2)17(21)19-13(4)14-10-8-7-9-11-14/h3*7-13,15-16,20H,5-6H2,1-4H3,(H,19,21)/t3*12-,13-,15-,16+/m000/s1. The number of esters is 3. The molecule has 0 spiro atoms. The first-order chi connectivity index (χ1) is 32.8. The molecule has 6 N–H and O–H groups in total. The van der Waals surface area contributed by atoms with Crippen molar-refractivity contribution in [1.29, 1.82) is 0 Å². The summed E-state index contributed by atoms with van der Waals surface area (Å²) in [4.78, 5) is 73.2. The van der Waals surface area contributed by atoms with E-state index in [1.165, 1.54) is 0 Å². The van der Waals surface area contributed by atoms with Gasteiger partial charge in [-0.25, -0.2) is 14.4 Å². The van der Waals surface area contributed by atoms with Gasteiger partial charge in [0.05, 0.1) is 55.7 Å². The maximum atomic E-state index is 12.6. The van der Waals surface area contributed by atoms with Crippen LogP contribution in [0.25, 0.3) is 0 Å². The number of nitrogens with one attached hydrogen (secondary N) is 3. The van der Waals surface area contributed by atoms with E-state index in [-0.39, 0.29) is 73.4 Å². The summed E-state index contributed by atoms with van der Waals surface area (Å²) in [7, 11) is 0. The van der Waals surface area contributed by atoms with Gasteiger partial charge in [-0.3, -0.25) is 14.4 Å². The molecule has 3 rings (SSSR count). The lowest BCUT2D eigenvalue weighted by Gasteiger charge is -2.27. The van der Waals surface area contributed by atoms with Gasteiger partial charge in [0.15, 0.2) is 18.3 Å². The maximum absolute atomic E-state index is 12.6. The Morgan fingerprint density at radius 2 is 0.594 bits per heavy atom. The van der Waals surface area contributed by atoms with Gasteiger partial charge in [-0.2, -0.15) is 0 Å². The smallest absolute Gasteiger partial charge is 0.335 e. The van der Waals surface area contributed by atoms with Crippen LogP contribution >= 0.6 is 0 Å². The van der Waals surface area contributed by atoms with Crippen molar-refractivity contribution in [3.05, 3.63) is 108 Å². The van der Waals surface area contributed by atoms with Crippen molar-refractivity contribution in [1.82, 2.24) is 16.0 Å². The lowest BCUT2D eigenvalue weighted by Crippen LogP contribution is -2.45. The second-order valence-electron chi connectivity index (χ2n) is 17.2. The molecule has 15 heteroatoms. The van der Waals surface area contributed by atoms with Crippen LogP contribution in [-0.4, -0.2) is 89.1 Å². The zero-order valence-electron chi connectivity index (χ0n) is 42.8. The Morgan fingerprint density at radius 1 is 0.391 bits per heavy atom. The molecule has 0 aliphatic carbocycles. The summed E-state index contributed by atoms with van der Waals surface area (Å²) in [5.74, 6) is -6.17. The van der Waals surface area contributed by atoms with Crippen molar-refractivity contribution >= 4 is 35.6 Å². The fourth-order valence-electron chi connectivity index (χ4n) is 7.43. The fourth-order valence-corrected chi connectivity index (χ4v) is 7.43. The van der Waals surface area contributed by atoms with E-state index in [0.717, 1.165) is 16.7 Å². The first kappa shape index (κ1) is 61.4. The molecule has 0 saturated carbocycles. The average molecular weight is 964 g/mol. The number of carbonyl (C=O) groups excluding carboxylic acids is 6. The van der Waals surface area contributed by atoms with Crippen LogP contribution in [0.15, 0.2) is 91.0 Å². The molecular formula is C54H81N3O12. The van der Waals surface area contributed by atoms with E-state index in [4.69, 9.17) is 14.2 Å². The monoisotopic (exact) mass is 964 g/mol. The summed E-state index contributed by atoms with van der Waals surface area (Å²) in [5, 5.41) is 39.3. The van der Waals surface area contributed by atoms with Crippen molar-refractivity contribution < 1.29 is 58.3 Å². The third-order valence-corrected chi connectivity index (χ3v) is 12.3. The Labute approximate surface area is 410 Å². The third kappa shape index (κ3) is 20.5. The van der Waals surface area contributed by atoms with Crippen molar-refractivity contribution in [3.63, 3.8) is 0 Å². The van der Waals surface area contributed by atoms with Gasteiger partial charge in [0.2, 0.25) is 17.7 Å². The Bertz CT molecular complexity index is 1730. The predicted molar refractivity (Wildman–Crippen MR) is 266 cm³/mol. The SMILES string of the molecule is CCOC(=O)[C@H](O)[C@@H](C(=O)N[C@@H](C)c1ccccc1)[C@@H](C)CC.CCOC(=O)[C@H](O)[C@@H](C(=O)N[C@@H](C)c1ccccc1)[C@@H](C)CC.CCOC(=O)[C@H](O)[C@@H](C(=O)N[C@@H](C)c1ccccc1)[C@@H](C)CC. The molecule has 0 aliphatic heterocycles. The second-order valence-corrected chi connectivity index (χ2v) is 17.2.